The average Bonchev–Trinajstić information content (AvgIpc) is 2.74. The molecule has 5 heteroatoms. The molecule has 0 unspecified atom stereocenters. The van der Waals surface area contributed by atoms with Crippen LogP contribution in [0.4, 0.5) is 0 Å². The molecule has 0 saturated carbocycles. The summed E-state index contributed by atoms with van der Waals surface area (Å²) in [5.74, 6) is 1.01. The molecule has 1 aromatic rings. The van der Waals surface area contributed by atoms with Gasteiger partial charge in [-0.25, -0.2) is 0 Å². The highest BCUT2D eigenvalue weighted by molar-refractivity contribution is 9.10. The molecule has 1 aromatic heterocycles. The molecule has 0 atom stereocenters. The van der Waals surface area contributed by atoms with Crippen molar-refractivity contribution in [3.05, 3.63) is 22.6 Å². The second-order valence-corrected chi connectivity index (χ2v) is 5.38. The fourth-order valence-corrected chi connectivity index (χ4v) is 2.34. The summed E-state index contributed by atoms with van der Waals surface area (Å²) >= 11 is 3.48. The number of piperazine rings is 1. The summed E-state index contributed by atoms with van der Waals surface area (Å²) in [7, 11) is 2.14. The molecule has 0 bridgehead atoms. The zero-order valence-electron chi connectivity index (χ0n) is 10.3. The van der Waals surface area contributed by atoms with E-state index in [-0.39, 0.29) is 0 Å². The zero-order valence-corrected chi connectivity index (χ0v) is 11.9. The molecule has 0 aliphatic carbocycles. The van der Waals surface area contributed by atoms with E-state index < -0.39 is 0 Å². The quantitative estimate of drug-likeness (QED) is 0.890. The third kappa shape index (κ3) is 4.10. The summed E-state index contributed by atoms with van der Waals surface area (Å²) in [6.07, 6.45) is 1.73. The summed E-state index contributed by atoms with van der Waals surface area (Å²) in [5, 5.41) is 3.37. The molecule has 0 amide bonds. The van der Waals surface area contributed by atoms with Crippen molar-refractivity contribution in [1.29, 1.82) is 0 Å². The Labute approximate surface area is 111 Å². The molecule has 1 N–H and O–H groups in total. The summed E-state index contributed by atoms with van der Waals surface area (Å²) in [6.45, 7) is 7.64. The van der Waals surface area contributed by atoms with Crippen LogP contribution < -0.4 is 5.32 Å². The Morgan fingerprint density at radius 2 is 2.24 bits per heavy atom. The van der Waals surface area contributed by atoms with Crippen molar-refractivity contribution >= 4 is 15.9 Å². The van der Waals surface area contributed by atoms with Gasteiger partial charge in [0, 0.05) is 39.3 Å². The Bertz CT molecular complexity index is 336. The highest BCUT2D eigenvalue weighted by Crippen LogP contribution is 2.18. The molecular weight excluding hydrogens is 282 g/mol. The van der Waals surface area contributed by atoms with E-state index in [9.17, 15) is 0 Å². The van der Waals surface area contributed by atoms with Gasteiger partial charge in [-0.1, -0.05) is 0 Å². The second-order valence-electron chi connectivity index (χ2n) is 4.52. The van der Waals surface area contributed by atoms with E-state index in [4.69, 9.17) is 4.42 Å². The van der Waals surface area contributed by atoms with Gasteiger partial charge in [-0.2, -0.15) is 0 Å². The molecule has 96 valence electrons. The number of likely N-dealkylation sites (N-methyl/N-ethyl adjacent to an activating group) is 1. The van der Waals surface area contributed by atoms with Crippen molar-refractivity contribution in [3.63, 3.8) is 0 Å². The maximum atomic E-state index is 5.41. The summed E-state index contributed by atoms with van der Waals surface area (Å²) < 4.78 is 6.48. The lowest BCUT2D eigenvalue weighted by atomic mass is 10.3. The van der Waals surface area contributed by atoms with Gasteiger partial charge in [-0.05, 0) is 29.0 Å². The van der Waals surface area contributed by atoms with E-state index >= 15 is 0 Å². The molecule has 17 heavy (non-hydrogen) atoms. The third-order valence-electron chi connectivity index (χ3n) is 3.11. The summed E-state index contributed by atoms with van der Waals surface area (Å²) in [5.41, 5.74) is 0. The minimum atomic E-state index is 0.861. The van der Waals surface area contributed by atoms with Gasteiger partial charge in [0.25, 0.3) is 0 Å². The monoisotopic (exact) mass is 301 g/mol. The Morgan fingerprint density at radius 3 is 2.88 bits per heavy atom. The fraction of sp³-hybridized carbons (Fsp3) is 0.667. The van der Waals surface area contributed by atoms with Crippen molar-refractivity contribution in [2.24, 2.45) is 0 Å². The Kier molecular flexibility index (Phi) is 5.03. The molecule has 2 heterocycles. The number of hydrogen-bond acceptors (Lipinski definition) is 4. The van der Waals surface area contributed by atoms with Gasteiger partial charge in [0.05, 0.1) is 17.3 Å². The lowest BCUT2D eigenvalue weighted by Gasteiger charge is -2.28. The van der Waals surface area contributed by atoms with Gasteiger partial charge in [0.2, 0.25) is 0 Å². The standard InChI is InChI=1S/C12H20BrN3O/c1-15(10-12-11(13)2-9-17-12)7-8-16-5-3-14-4-6-16/h2,9,14H,3-8,10H2,1H3. The van der Waals surface area contributed by atoms with Crippen LogP contribution in [0.2, 0.25) is 0 Å². The second kappa shape index (κ2) is 6.54. The summed E-state index contributed by atoms with van der Waals surface area (Å²) in [6, 6.07) is 1.94. The molecule has 4 nitrogen and oxygen atoms in total. The summed E-state index contributed by atoms with van der Waals surface area (Å²) in [4.78, 5) is 4.80. The fourth-order valence-electron chi connectivity index (χ4n) is 2.01. The van der Waals surface area contributed by atoms with Crippen LogP contribution in [0.25, 0.3) is 0 Å². The maximum Gasteiger partial charge on any atom is 0.131 e. The van der Waals surface area contributed by atoms with Crippen molar-refractivity contribution in [1.82, 2.24) is 15.1 Å². The number of nitrogens with zero attached hydrogens (tertiary/aromatic N) is 2. The Balaban J connectivity index is 1.70. The van der Waals surface area contributed by atoms with E-state index in [1.807, 2.05) is 6.07 Å². The van der Waals surface area contributed by atoms with Crippen molar-refractivity contribution in [3.8, 4) is 0 Å². The lowest BCUT2D eigenvalue weighted by molar-refractivity contribution is 0.196. The van der Waals surface area contributed by atoms with Crippen molar-refractivity contribution in [2.75, 3.05) is 46.3 Å². The van der Waals surface area contributed by atoms with E-state index in [2.05, 4.69) is 38.1 Å². The minimum Gasteiger partial charge on any atom is -0.467 e. The molecular formula is C12H20BrN3O. The van der Waals surface area contributed by atoms with Gasteiger partial charge < -0.3 is 9.73 Å². The lowest BCUT2D eigenvalue weighted by Crippen LogP contribution is -2.45. The molecule has 1 saturated heterocycles. The van der Waals surface area contributed by atoms with E-state index in [1.54, 1.807) is 6.26 Å². The first-order chi connectivity index (χ1) is 8.25. The predicted octanol–water partition coefficient (Wildman–Crippen LogP) is 1.38. The smallest absolute Gasteiger partial charge is 0.131 e. The molecule has 1 aliphatic rings. The normalized spacial score (nSPS) is 17.8. The number of rotatable bonds is 5. The molecule has 0 radical (unpaired) electrons. The highest BCUT2D eigenvalue weighted by atomic mass is 79.9. The number of furan rings is 1. The minimum absolute atomic E-state index is 0.861. The van der Waals surface area contributed by atoms with Crippen LogP contribution in [0.15, 0.2) is 21.2 Å². The average molecular weight is 302 g/mol. The Morgan fingerprint density at radius 1 is 1.47 bits per heavy atom. The van der Waals surface area contributed by atoms with Crippen LogP contribution in [0.1, 0.15) is 5.76 Å². The van der Waals surface area contributed by atoms with E-state index in [0.717, 1.165) is 56.0 Å². The van der Waals surface area contributed by atoms with Crippen LogP contribution >= 0.6 is 15.9 Å². The number of nitrogens with one attached hydrogen (secondary N) is 1. The van der Waals surface area contributed by atoms with Gasteiger partial charge in [0.1, 0.15) is 5.76 Å². The van der Waals surface area contributed by atoms with Crippen LogP contribution in [0.3, 0.4) is 0 Å². The van der Waals surface area contributed by atoms with Gasteiger partial charge >= 0.3 is 0 Å². The molecule has 0 aromatic carbocycles. The molecule has 1 fully saturated rings. The van der Waals surface area contributed by atoms with Crippen LogP contribution in [-0.4, -0.2) is 56.1 Å². The SMILES string of the molecule is CN(CCN1CCNCC1)Cc1occc1Br. The first-order valence-corrected chi connectivity index (χ1v) is 6.88. The van der Waals surface area contributed by atoms with E-state index in [0.29, 0.717) is 0 Å². The van der Waals surface area contributed by atoms with Gasteiger partial charge in [-0.15, -0.1) is 0 Å². The van der Waals surface area contributed by atoms with Crippen LogP contribution in [-0.2, 0) is 6.54 Å². The van der Waals surface area contributed by atoms with Crippen molar-refractivity contribution < 1.29 is 4.42 Å². The third-order valence-corrected chi connectivity index (χ3v) is 3.82. The molecule has 2 rings (SSSR count). The molecule has 1 aliphatic heterocycles. The largest absolute Gasteiger partial charge is 0.467 e. The topological polar surface area (TPSA) is 31.6 Å². The first-order valence-electron chi connectivity index (χ1n) is 6.09. The highest BCUT2D eigenvalue weighted by Gasteiger charge is 2.11. The molecule has 0 spiro atoms. The number of hydrogen-bond donors (Lipinski definition) is 1. The van der Waals surface area contributed by atoms with Crippen LogP contribution in [0.5, 0.6) is 0 Å². The zero-order chi connectivity index (χ0) is 12.1. The predicted molar refractivity (Wildman–Crippen MR) is 72.1 cm³/mol. The number of halogens is 1. The van der Waals surface area contributed by atoms with Gasteiger partial charge in [0.15, 0.2) is 0 Å². The maximum absolute atomic E-state index is 5.41. The Hall–Kier alpha value is -0.360. The van der Waals surface area contributed by atoms with Gasteiger partial charge in [-0.3, -0.25) is 9.80 Å². The van der Waals surface area contributed by atoms with E-state index in [1.165, 1.54) is 0 Å². The van der Waals surface area contributed by atoms with Crippen LogP contribution in [0, 0.1) is 0 Å². The first kappa shape index (κ1) is 13.1. The van der Waals surface area contributed by atoms with Crippen molar-refractivity contribution in [2.45, 2.75) is 6.54 Å².